The zero-order valence-electron chi connectivity index (χ0n) is 13.5. The minimum Gasteiger partial charge on any atom is -0.370 e. The lowest BCUT2D eigenvalue weighted by Gasteiger charge is -2.28. The monoisotopic (exact) mass is 309 g/mol. The maximum Gasteiger partial charge on any atom is 0.228 e. The first-order valence-electron chi connectivity index (χ1n) is 8.24. The standard InChI is InChI=1S/C19H23N3O/c1-22(16-8-2-3-9-16)18-11-5-4-10-17(18)21-19(23)13-15-7-6-12-20-14-15/h4-7,10-12,14,16H,2-3,8-9,13H2,1H3,(H,21,23). The van der Waals surface area contributed by atoms with Gasteiger partial charge >= 0.3 is 0 Å². The van der Waals surface area contributed by atoms with Crippen molar-refractivity contribution >= 4 is 17.3 Å². The molecule has 1 heterocycles. The predicted molar refractivity (Wildman–Crippen MR) is 93.7 cm³/mol. The second-order valence-corrected chi connectivity index (χ2v) is 6.15. The largest absolute Gasteiger partial charge is 0.370 e. The number of para-hydroxylation sites is 2. The van der Waals surface area contributed by atoms with E-state index in [4.69, 9.17) is 0 Å². The molecule has 1 saturated carbocycles. The van der Waals surface area contributed by atoms with E-state index in [1.54, 1.807) is 12.4 Å². The maximum atomic E-state index is 12.3. The zero-order valence-corrected chi connectivity index (χ0v) is 13.5. The number of amides is 1. The van der Waals surface area contributed by atoms with Crippen LogP contribution in [-0.4, -0.2) is 24.0 Å². The van der Waals surface area contributed by atoms with Crippen LogP contribution in [0.3, 0.4) is 0 Å². The summed E-state index contributed by atoms with van der Waals surface area (Å²) in [6.07, 6.45) is 8.84. The number of hydrogen-bond donors (Lipinski definition) is 1. The molecule has 1 aromatic heterocycles. The van der Waals surface area contributed by atoms with E-state index in [1.165, 1.54) is 25.7 Å². The summed E-state index contributed by atoms with van der Waals surface area (Å²) in [5, 5.41) is 3.06. The Hall–Kier alpha value is -2.36. The Balaban J connectivity index is 1.71. The molecule has 4 nitrogen and oxygen atoms in total. The van der Waals surface area contributed by atoms with E-state index in [2.05, 4.69) is 28.3 Å². The molecule has 0 saturated heterocycles. The van der Waals surface area contributed by atoms with Gasteiger partial charge in [-0.25, -0.2) is 0 Å². The van der Waals surface area contributed by atoms with E-state index in [0.717, 1.165) is 16.9 Å². The van der Waals surface area contributed by atoms with Crippen LogP contribution in [0.2, 0.25) is 0 Å². The summed E-state index contributed by atoms with van der Waals surface area (Å²) in [4.78, 5) is 18.7. The molecule has 0 unspecified atom stereocenters. The predicted octanol–water partition coefficient (Wildman–Crippen LogP) is 3.64. The SMILES string of the molecule is CN(c1ccccc1NC(=O)Cc1cccnc1)C1CCCC1. The molecule has 0 bridgehead atoms. The second-order valence-electron chi connectivity index (χ2n) is 6.15. The first kappa shape index (κ1) is 15.5. The van der Waals surface area contributed by atoms with Crippen LogP contribution in [0, 0.1) is 0 Å². The van der Waals surface area contributed by atoms with Crippen LogP contribution in [0.25, 0.3) is 0 Å². The molecule has 1 aliphatic rings. The second kappa shape index (κ2) is 7.27. The third-order valence-electron chi connectivity index (χ3n) is 4.52. The van der Waals surface area contributed by atoms with Crippen LogP contribution in [-0.2, 0) is 11.2 Å². The highest BCUT2D eigenvalue weighted by molar-refractivity contribution is 5.95. The lowest BCUT2D eigenvalue weighted by molar-refractivity contribution is -0.115. The van der Waals surface area contributed by atoms with Crippen molar-refractivity contribution in [3.63, 3.8) is 0 Å². The summed E-state index contributed by atoms with van der Waals surface area (Å²) in [7, 11) is 2.13. The fourth-order valence-electron chi connectivity index (χ4n) is 3.26. The van der Waals surface area contributed by atoms with E-state index < -0.39 is 0 Å². The molecule has 0 aliphatic heterocycles. The highest BCUT2D eigenvalue weighted by Gasteiger charge is 2.21. The third-order valence-corrected chi connectivity index (χ3v) is 4.52. The molecule has 0 radical (unpaired) electrons. The zero-order chi connectivity index (χ0) is 16.1. The molecule has 2 aromatic rings. The van der Waals surface area contributed by atoms with E-state index in [1.807, 2.05) is 30.3 Å². The van der Waals surface area contributed by atoms with Crippen LogP contribution in [0.5, 0.6) is 0 Å². The summed E-state index contributed by atoms with van der Waals surface area (Å²) in [5.74, 6) is -0.00901. The first-order valence-corrected chi connectivity index (χ1v) is 8.24. The molecule has 23 heavy (non-hydrogen) atoms. The molecule has 1 aliphatic carbocycles. The number of aromatic nitrogens is 1. The molecule has 4 heteroatoms. The molecule has 1 N–H and O–H groups in total. The Morgan fingerprint density at radius 2 is 2.00 bits per heavy atom. The molecular formula is C19H23N3O. The quantitative estimate of drug-likeness (QED) is 0.917. The number of nitrogens with zero attached hydrogens (tertiary/aromatic N) is 2. The van der Waals surface area contributed by atoms with Gasteiger partial charge in [0.05, 0.1) is 17.8 Å². The van der Waals surface area contributed by atoms with Crippen molar-refractivity contribution in [2.45, 2.75) is 38.1 Å². The molecular weight excluding hydrogens is 286 g/mol. The highest BCUT2D eigenvalue weighted by atomic mass is 16.1. The van der Waals surface area contributed by atoms with E-state index in [0.29, 0.717) is 12.5 Å². The van der Waals surface area contributed by atoms with Crippen molar-refractivity contribution in [1.82, 2.24) is 4.98 Å². The molecule has 1 aromatic carbocycles. The highest BCUT2D eigenvalue weighted by Crippen LogP contribution is 2.31. The van der Waals surface area contributed by atoms with Crippen molar-refractivity contribution in [1.29, 1.82) is 0 Å². The number of benzene rings is 1. The van der Waals surface area contributed by atoms with Gasteiger partial charge in [0.2, 0.25) is 5.91 Å². The molecule has 0 atom stereocenters. The van der Waals surface area contributed by atoms with E-state index in [9.17, 15) is 4.79 Å². The summed E-state index contributed by atoms with van der Waals surface area (Å²) in [5.41, 5.74) is 2.90. The lowest BCUT2D eigenvalue weighted by Crippen LogP contribution is -2.30. The Kier molecular flexibility index (Phi) is 4.91. The van der Waals surface area contributed by atoms with Crippen LogP contribution >= 0.6 is 0 Å². The van der Waals surface area contributed by atoms with Gasteiger partial charge in [-0.05, 0) is 36.6 Å². The number of nitrogens with one attached hydrogen (secondary N) is 1. The smallest absolute Gasteiger partial charge is 0.228 e. The summed E-state index contributed by atoms with van der Waals surface area (Å²) >= 11 is 0. The van der Waals surface area contributed by atoms with Gasteiger partial charge in [-0.2, -0.15) is 0 Å². The van der Waals surface area contributed by atoms with E-state index >= 15 is 0 Å². The van der Waals surface area contributed by atoms with Gasteiger partial charge in [0.15, 0.2) is 0 Å². The molecule has 0 spiro atoms. The number of carbonyl (C=O) groups excluding carboxylic acids is 1. The van der Waals surface area contributed by atoms with Gasteiger partial charge < -0.3 is 10.2 Å². The summed E-state index contributed by atoms with van der Waals surface area (Å²) < 4.78 is 0. The number of rotatable bonds is 5. The molecule has 3 rings (SSSR count). The van der Waals surface area contributed by atoms with Gasteiger partial charge in [-0.15, -0.1) is 0 Å². The minimum absolute atomic E-state index is 0.00901. The van der Waals surface area contributed by atoms with Gasteiger partial charge in [-0.3, -0.25) is 9.78 Å². The maximum absolute atomic E-state index is 12.3. The molecule has 1 amide bonds. The van der Waals surface area contributed by atoms with Crippen molar-refractivity contribution in [2.24, 2.45) is 0 Å². The number of carbonyl (C=O) groups is 1. The topological polar surface area (TPSA) is 45.2 Å². The minimum atomic E-state index is -0.00901. The van der Waals surface area contributed by atoms with Crippen molar-refractivity contribution in [2.75, 3.05) is 17.3 Å². The van der Waals surface area contributed by atoms with Crippen LogP contribution in [0.4, 0.5) is 11.4 Å². The van der Waals surface area contributed by atoms with Crippen LogP contribution in [0.1, 0.15) is 31.2 Å². The normalized spacial score (nSPS) is 14.7. The fraction of sp³-hybridized carbons (Fsp3) is 0.368. The lowest BCUT2D eigenvalue weighted by atomic mass is 10.1. The summed E-state index contributed by atoms with van der Waals surface area (Å²) in [6, 6.07) is 12.4. The average Bonchev–Trinajstić information content (AvgIpc) is 3.10. The van der Waals surface area contributed by atoms with Crippen LogP contribution in [0.15, 0.2) is 48.8 Å². The van der Waals surface area contributed by atoms with Gasteiger partial charge in [0.25, 0.3) is 0 Å². The van der Waals surface area contributed by atoms with Crippen molar-refractivity contribution in [3.8, 4) is 0 Å². The number of hydrogen-bond acceptors (Lipinski definition) is 3. The number of anilines is 2. The van der Waals surface area contributed by atoms with Gasteiger partial charge in [-0.1, -0.05) is 31.0 Å². The Morgan fingerprint density at radius 3 is 2.74 bits per heavy atom. The Bertz CT molecular complexity index is 651. The number of pyridine rings is 1. The van der Waals surface area contributed by atoms with Gasteiger partial charge in [0.1, 0.15) is 0 Å². The van der Waals surface area contributed by atoms with Crippen LogP contribution < -0.4 is 10.2 Å². The fourth-order valence-corrected chi connectivity index (χ4v) is 3.26. The molecule has 1 fully saturated rings. The van der Waals surface area contributed by atoms with Crippen molar-refractivity contribution < 1.29 is 4.79 Å². The van der Waals surface area contributed by atoms with E-state index in [-0.39, 0.29) is 5.91 Å². The molecule has 120 valence electrons. The Labute approximate surface area is 137 Å². The first-order chi connectivity index (χ1) is 11.2. The van der Waals surface area contributed by atoms with Crippen molar-refractivity contribution in [3.05, 3.63) is 54.4 Å². The van der Waals surface area contributed by atoms with Gasteiger partial charge in [0, 0.05) is 25.5 Å². The third kappa shape index (κ3) is 3.89. The summed E-state index contributed by atoms with van der Waals surface area (Å²) in [6.45, 7) is 0. The Morgan fingerprint density at radius 1 is 1.22 bits per heavy atom. The average molecular weight is 309 g/mol.